The van der Waals surface area contributed by atoms with Gasteiger partial charge in [-0.1, -0.05) is 23.7 Å². The zero-order chi connectivity index (χ0) is 16.5. The van der Waals surface area contributed by atoms with Crippen molar-refractivity contribution in [2.24, 2.45) is 0 Å². The Morgan fingerprint density at radius 1 is 1.12 bits per heavy atom. The van der Waals surface area contributed by atoms with E-state index < -0.39 is 0 Å². The number of aromatic amines is 2. The van der Waals surface area contributed by atoms with Crippen molar-refractivity contribution in [3.8, 4) is 5.95 Å². The second-order valence-corrected chi connectivity index (χ2v) is 6.76. The maximum atomic E-state index is 12.2. The Kier molecular flexibility index (Phi) is 3.92. The molecule has 0 radical (unpaired) electrons. The van der Waals surface area contributed by atoms with Crippen LogP contribution < -0.4 is 5.56 Å². The average molecular weight is 357 g/mol. The van der Waals surface area contributed by atoms with Gasteiger partial charge in [0.1, 0.15) is 0 Å². The molecule has 2 aromatic heterocycles. The summed E-state index contributed by atoms with van der Waals surface area (Å²) >= 11 is 7.52. The first-order chi connectivity index (χ1) is 11.7. The molecule has 0 unspecified atom stereocenters. The number of rotatable bonds is 4. The van der Waals surface area contributed by atoms with Gasteiger partial charge in [0.05, 0.1) is 11.0 Å². The number of imidazole rings is 1. The second kappa shape index (κ2) is 6.22. The number of hydrogen-bond acceptors (Lipinski definition) is 3. The maximum absolute atomic E-state index is 12.2. The van der Waals surface area contributed by atoms with E-state index in [0.29, 0.717) is 16.7 Å². The number of thioether (sulfide) groups is 1. The monoisotopic (exact) mass is 356 g/mol. The molecule has 4 rings (SSSR count). The van der Waals surface area contributed by atoms with Gasteiger partial charge >= 0.3 is 0 Å². The van der Waals surface area contributed by atoms with Crippen LogP contribution >= 0.6 is 23.4 Å². The molecule has 0 aliphatic heterocycles. The molecule has 0 amide bonds. The molecule has 2 heterocycles. The molecule has 24 heavy (non-hydrogen) atoms. The number of fused-ring (bicyclic) bond motifs is 1. The van der Waals surface area contributed by atoms with Gasteiger partial charge in [0.2, 0.25) is 5.95 Å². The van der Waals surface area contributed by atoms with Crippen LogP contribution in [0.5, 0.6) is 0 Å². The predicted octanol–water partition coefficient (Wildman–Crippen LogP) is 3.99. The molecule has 0 fully saturated rings. The predicted molar refractivity (Wildman–Crippen MR) is 97.1 cm³/mol. The molecular weight excluding hydrogens is 344 g/mol. The lowest BCUT2D eigenvalue weighted by atomic mass is 10.3. The fraction of sp³-hybridized carbons (Fsp3) is 0.0588. The van der Waals surface area contributed by atoms with Gasteiger partial charge in [-0.15, -0.1) is 11.8 Å². The Hall–Kier alpha value is -2.44. The first kappa shape index (κ1) is 15.1. The van der Waals surface area contributed by atoms with E-state index in [1.807, 2.05) is 48.5 Å². The minimum atomic E-state index is -0.138. The molecule has 0 saturated carbocycles. The van der Waals surface area contributed by atoms with Gasteiger partial charge in [-0.25, -0.2) is 4.98 Å². The molecule has 0 spiro atoms. The Bertz CT molecular complexity index is 1020. The summed E-state index contributed by atoms with van der Waals surface area (Å²) in [7, 11) is 0. The van der Waals surface area contributed by atoms with Gasteiger partial charge < -0.3 is 4.98 Å². The van der Waals surface area contributed by atoms with E-state index in [2.05, 4.69) is 15.1 Å². The fourth-order valence-electron chi connectivity index (χ4n) is 2.41. The van der Waals surface area contributed by atoms with Crippen LogP contribution in [-0.4, -0.2) is 19.7 Å². The molecule has 7 heteroatoms. The summed E-state index contributed by atoms with van der Waals surface area (Å²) in [4.78, 5) is 20.9. The zero-order valence-corrected chi connectivity index (χ0v) is 14.1. The van der Waals surface area contributed by atoms with E-state index in [1.165, 1.54) is 4.68 Å². The lowest BCUT2D eigenvalue weighted by molar-refractivity contribution is 0.789. The molecule has 120 valence electrons. The number of hydrogen-bond donors (Lipinski definition) is 2. The van der Waals surface area contributed by atoms with Crippen LogP contribution in [-0.2, 0) is 5.75 Å². The van der Waals surface area contributed by atoms with Crippen molar-refractivity contribution in [3.63, 3.8) is 0 Å². The third-order valence-electron chi connectivity index (χ3n) is 3.57. The SMILES string of the molecule is O=c1cc(CSc2ccc(Cl)cc2)[nH]n1-c1nc2ccccc2[nH]1. The van der Waals surface area contributed by atoms with Crippen LogP contribution in [0.25, 0.3) is 17.0 Å². The molecule has 0 atom stereocenters. The Morgan fingerprint density at radius 3 is 2.71 bits per heavy atom. The highest BCUT2D eigenvalue weighted by Gasteiger charge is 2.09. The van der Waals surface area contributed by atoms with Gasteiger partial charge in [-0.2, -0.15) is 4.68 Å². The topological polar surface area (TPSA) is 66.5 Å². The number of para-hydroxylation sites is 2. The first-order valence-corrected chi connectivity index (χ1v) is 8.70. The summed E-state index contributed by atoms with van der Waals surface area (Å²) in [6, 6.07) is 16.9. The van der Waals surface area contributed by atoms with Crippen molar-refractivity contribution in [2.45, 2.75) is 10.6 Å². The third-order valence-corrected chi connectivity index (χ3v) is 4.88. The minimum absolute atomic E-state index is 0.138. The normalized spacial score (nSPS) is 11.2. The molecular formula is C17H13ClN4OS. The van der Waals surface area contributed by atoms with Crippen LogP contribution in [0.4, 0.5) is 0 Å². The lowest BCUT2D eigenvalue weighted by Gasteiger charge is -2.00. The number of aromatic nitrogens is 4. The molecule has 0 saturated heterocycles. The quantitative estimate of drug-likeness (QED) is 0.543. The first-order valence-electron chi connectivity index (χ1n) is 7.33. The van der Waals surface area contributed by atoms with Gasteiger partial charge in [0.25, 0.3) is 5.56 Å². The highest BCUT2D eigenvalue weighted by molar-refractivity contribution is 7.98. The van der Waals surface area contributed by atoms with E-state index in [4.69, 9.17) is 11.6 Å². The molecule has 4 aromatic rings. The number of benzene rings is 2. The Labute approximate surface area is 146 Å². The third kappa shape index (κ3) is 2.98. The van der Waals surface area contributed by atoms with E-state index in [-0.39, 0.29) is 5.56 Å². The standard InChI is InChI=1S/C17H13ClN4OS/c18-11-5-7-13(8-6-11)24-10-12-9-16(23)22(21-12)17-19-14-3-1-2-4-15(14)20-17/h1-9,21H,10H2,(H,19,20). The summed E-state index contributed by atoms with van der Waals surface area (Å²) < 4.78 is 1.43. The van der Waals surface area contributed by atoms with Crippen molar-refractivity contribution in [1.82, 2.24) is 19.7 Å². The van der Waals surface area contributed by atoms with Crippen LogP contribution in [0.15, 0.2) is 64.3 Å². The highest BCUT2D eigenvalue weighted by Crippen LogP contribution is 2.23. The summed E-state index contributed by atoms with van der Waals surface area (Å²) in [6.07, 6.45) is 0. The summed E-state index contributed by atoms with van der Waals surface area (Å²) in [5.74, 6) is 1.15. The molecule has 0 aliphatic carbocycles. The Morgan fingerprint density at radius 2 is 1.92 bits per heavy atom. The van der Waals surface area contributed by atoms with Crippen LogP contribution in [0, 0.1) is 0 Å². The highest BCUT2D eigenvalue weighted by atomic mass is 35.5. The smallest absolute Gasteiger partial charge is 0.274 e. The molecule has 5 nitrogen and oxygen atoms in total. The molecule has 0 bridgehead atoms. The molecule has 2 N–H and O–H groups in total. The largest absolute Gasteiger partial charge is 0.322 e. The van der Waals surface area contributed by atoms with Gasteiger partial charge in [0, 0.05) is 27.4 Å². The Balaban J connectivity index is 1.57. The van der Waals surface area contributed by atoms with Crippen molar-refractivity contribution in [1.29, 1.82) is 0 Å². The van der Waals surface area contributed by atoms with Crippen LogP contribution in [0.1, 0.15) is 5.69 Å². The molecule has 0 aliphatic rings. The molecule has 2 aromatic carbocycles. The van der Waals surface area contributed by atoms with E-state index in [0.717, 1.165) is 21.6 Å². The van der Waals surface area contributed by atoms with E-state index >= 15 is 0 Å². The summed E-state index contributed by atoms with van der Waals surface area (Å²) in [6.45, 7) is 0. The minimum Gasteiger partial charge on any atom is -0.322 e. The van der Waals surface area contributed by atoms with Crippen molar-refractivity contribution >= 4 is 34.4 Å². The van der Waals surface area contributed by atoms with Gasteiger partial charge in [-0.3, -0.25) is 9.89 Å². The van der Waals surface area contributed by atoms with Crippen LogP contribution in [0.3, 0.4) is 0 Å². The second-order valence-electron chi connectivity index (χ2n) is 5.28. The van der Waals surface area contributed by atoms with Gasteiger partial charge in [-0.05, 0) is 36.4 Å². The fourth-order valence-corrected chi connectivity index (χ4v) is 3.34. The summed E-state index contributed by atoms with van der Waals surface area (Å²) in [5.41, 5.74) is 2.42. The number of nitrogens with one attached hydrogen (secondary N) is 2. The number of halogens is 1. The van der Waals surface area contributed by atoms with Crippen molar-refractivity contribution in [2.75, 3.05) is 0 Å². The maximum Gasteiger partial charge on any atom is 0.274 e. The van der Waals surface area contributed by atoms with Crippen molar-refractivity contribution < 1.29 is 0 Å². The zero-order valence-electron chi connectivity index (χ0n) is 12.5. The average Bonchev–Trinajstić information content (AvgIpc) is 3.17. The number of nitrogens with zero attached hydrogens (tertiary/aromatic N) is 2. The van der Waals surface area contributed by atoms with E-state index in [9.17, 15) is 4.79 Å². The van der Waals surface area contributed by atoms with Gasteiger partial charge in [0.15, 0.2) is 0 Å². The lowest BCUT2D eigenvalue weighted by Crippen LogP contribution is -2.14. The van der Waals surface area contributed by atoms with Crippen LogP contribution in [0.2, 0.25) is 5.02 Å². The summed E-state index contributed by atoms with van der Waals surface area (Å²) in [5, 5.41) is 3.82. The van der Waals surface area contributed by atoms with E-state index in [1.54, 1.807) is 17.8 Å². The van der Waals surface area contributed by atoms with Crippen molar-refractivity contribution in [3.05, 3.63) is 75.7 Å². The number of H-pyrrole nitrogens is 2.